The van der Waals surface area contributed by atoms with Gasteiger partial charge in [-0.05, 0) is 44.9 Å². The van der Waals surface area contributed by atoms with Gasteiger partial charge in [-0.1, -0.05) is 6.07 Å². The minimum atomic E-state index is -3.73. The lowest BCUT2D eigenvalue weighted by Gasteiger charge is -2.31. The second kappa shape index (κ2) is 7.16. The van der Waals surface area contributed by atoms with E-state index in [2.05, 4.69) is 15.5 Å². The van der Waals surface area contributed by atoms with E-state index in [0.29, 0.717) is 36.5 Å². The van der Waals surface area contributed by atoms with Gasteiger partial charge in [0.05, 0.1) is 17.3 Å². The van der Waals surface area contributed by atoms with Gasteiger partial charge in [-0.3, -0.25) is 9.89 Å². The van der Waals surface area contributed by atoms with Crippen LogP contribution in [0.15, 0.2) is 29.2 Å². The molecule has 1 saturated heterocycles. The van der Waals surface area contributed by atoms with E-state index in [1.807, 2.05) is 0 Å². The fraction of sp³-hybridized carbons (Fsp3) is 0.412. The largest absolute Gasteiger partial charge is 0.326 e. The van der Waals surface area contributed by atoms with Crippen molar-refractivity contribution in [3.8, 4) is 0 Å². The highest BCUT2D eigenvalue weighted by Crippen LogP contribution is 2.27. The minimum absolute atomic E-state index is 0.0908. The van der Waals surface area contributed by atoms with Crippen molar-refractivity contribution in [3.05, 3.63) is 41.5 Å². The number of nitrogens with one attached hydrogen (secondary N) is 2. The number of rotatable bonds is 4. The van der Waals surface area contributed by atoms with Crippen molar-refractivity contribution in [3.63, 3.8) is 0 Å². The van der Waals surface area contributed by atoms with Gasteiger partial charge in [0.2, 0.25) is 15.9 Å². The number of anilines is 1. The number of aromatic amines is 1. The first kappa shape index (κ1) is 18.5. The van der Waals surface area contributed by atoms with Gasteiger partial charge in [-0.15, -0.1) is 0 Å². The number of H-pyrrole nitrogens is 1. The Morgan fingerprint density at radius 1 is 1.38 bits per heavy atom. The molecule has 1 aromatic carbocycles. The molecule has 2 aromatic rings. The lowest BCUT2D eigenvalue weighted by atomic mass is 9.99. The van der Waals surface area contributed by atoms with Crippen LogP contribution in [0.2, 0.25) is 0 Å². The van der Waals surface area contributed by atoms with Crippen molar-refractivity contribution in [2.75, 3.05) is 18.4 Å². The molecule has 1 fully saturated rings. The van der Waals surface area contributed by atoms with Crippen molar-refractivity contribution < 1.29 is 17.6 Å². The van der Waals surface area contributed by atoms with Gasteiger partial charge in [0.15, 0.2) is 0 Å². The highest BCUT2D eigenvalue weighted by atomic mass is 32.2. The van der Waals surface area contributed by atoms with Crippen LogP contribution in [0.5, 0.6) is 0 Å². The Bertz CT molecular complexity index is 906. The molecule has 7 nitrogen and oxygen atoms in total. The monoisotopic (exact) mass is 380 g/mol. The summed E-state index contributed by atoms with van der Waals surface area (Å²) in [4.78, 5) is 12.7. The molecule has 0 radical (unpaired) electrons. The smallest absolute Gasteiger partial charge is 0.246 e. The standard InChI is InChI=1S/C17H21FN4O3S/c1-11-16(12(2)21-20-11)26(24,25)22-8-4-5-13(10-22)17(23)19-15-7-3-6-14(18)9-15/h3,6-7,9,13H,4-5,8,10H2,1-2H3,(H,19,23)(H,20,21). The molecule has 0 bridgehead atoms. The number of amides is 1. The van der Waals surface area contributed by atoms with Gasteiger partial charge in [-0.25, -0.2) is 12.8 Å². The summed E-state index contributed by atoms with van der Waals surface area (Å²) in [5.74, 6) is -1.24. The molecular weight excluding hydrogens is 359 g/mol. The predicted octanol–water partition coefficient (Wildman–Crippen LogP) is 2.21. The second-order valence-electron chi connectivity index (χ2n) is 6.46. The number of carbonyl (C=O) groups is 1. The van der Waals surface area contributed by atoms with Crippen LogP contribution >= 0.6 is 0 Å². The van der Waals surface area contributed by atoms with Crippen molar-refractivity contribution in [2.24, 2.45) is 5.92 Å². The third kappa shape index (κ3) is 3.63. The zero-order valence-electron chi connectivity index (χ0n) is 14.6. The number of hydrogen-bond donors (Lipinski definition) is 2. The summed E-state index contributed by atoms with van der Waals surface area (Å²) in [5, 5.41) is 9.30. The van der Waals surface area contributed by atoms with Crippen molar-refractivity contribution in [1.29, 1.82) is 0 Å². The number of aryl methyl sites for hydroxylation is 2. The summed E-state index contributed by atoms with van der Waals surface area (Å²) in [7, 11) is -3.73. The lowest BCUT2D eigenvalue weighted by Crippen LogP contribution is -2.43. The van der Waals surface area contributed by atoms with Crippen molar-refractivity contribution in [1.82, 2.24) is 14.5 Å². The molecule has 2 N–H and O–H groups in total. The molecule has 1 atom stereocenters. The SMILES string of the molecule is Cc1n[nH]c(C)c1S(=O)(=O)N1CCCC(C(=O)Nc2cccc(F)c2)C1. The molecule has 3 rings (SSSR count). The molecule has 1 aromatic heterocycles. The molecule has 1 amide bonds. The molecule has 0 aliphatic carbocycles. The van der Waals surface area contributed by atoms with E-state index in [9.17, 15) is 17.6 Å². The zero-order valence-corrected chi connectivity index (χ0v) is 15.4. The normalized spacial score (nSPS) is 18.7. The molecular formula is C17H21FN4O3S. The average Bonchev–Trinajstić information content (AvgIpc) is 2.94. The molecule has 2 heterocycles. The summed E-state index contributed by atoms with van der Waals surface area (Å²) in [6.07, 6.45) is 1.16. The topological polar surface area (TPSA) is 95.2 Å². The first-order valence-electron chi connectivity index (χ1n) is 8.37. The van der Waals surface area contributed by atoms with E-state index in [4.69, 9.17) is 0 Å². The molecule has 0 saturated carbocycles. The fourth-order valence-corrected chi connectivity index (χ4v) is 5.09. The van der Waals surface area contributed by atoms with Crippen LogP contribution in [-0.4, -0.2) is 41.9 Å². The summed E-state index contributed by atoms with van der Waals surface area (Å²) in [5.41, 5.74) is 1.25. The van der Waals surface area contributed by atoms with Crippen molar-refractivity contribution >= 4 is 21.6 Å². The van der Waals surface area contributed by atoms with E-state index in [1.54, 1.807) is 19.9 Å². The van der Waals surface area contributed by atoms with Gasteiger partial charge in [0, 0.05) is 18.8 Å². The third-order valence-electron chi connectivity index (χ3n) is 4.51. The van der Waals surface area contributed by atoms with Crippen LogP contribution in [0.4, 0.5) is 10.1 Å². The summed E-state index contributed by atoms with van der Waals surface area (Å²) in [6.45, 7) is 3.74. The fourth-order valence-electron chi connectivity index (χ4n) is 3.24. The van der Waals surface area contributed by atoms with Crippen LogP contribution in [0.1, 0.15) is 24.2 Å². The minimum Gasteiger partial charge on any atom is -0.326 e. The molecule has 1 aliphatic heterocycles. The van der Waals surface area contributed by atoms with Gasteiger partial charge in [0.25, 0.3) is 0 Å². The van der Waals surface area contributed by atoms with Crippen LogP contribution in [0.25, 0.3) is 0 Å². The number of benzene rings is 1. The zero-order chi connectivity index (χ0) is 18.9. The summed E-state index contributed by atoms with van der Waals surface area (Å²) < 4.78 is 40.5. The van der Waals surface area contributed by atoms with Crippen LogP contribution in [-0.2, 0) is 14.8 Å². The number of hydrogen-bond acceptors (Lipinski definition) is 4. The quantitative estimate of drug-likeness (QED) is 0.850. The Hall–Kier alpha value is -2.26. The highest BCUT2D eigenvalue weighted by molar-refractivity contribution is 7.89. The number of carbonyl (C=O) groups excluding carboxylic acids is 1. The maximum Gasteiger partial charge on any atom is 0.246 e. The predicted molar refractivity (Wildman–Crippen MR) is 94.6 cm³/mol. The van der Waals surface area contributed by atoms with E-state index >= 15 is 0 Å². The van der Waals surface area contributed by atoms with Crippen LogP contribution < -0.4 is 5.32 Å². The number of nitrogens with zero attached hydrogens (tertiary/aromatic N) is 2. The average molecular weight is 380 g/mol. The van der Waals surface area contributed by atoms with Gasteiger partial charge in [0.1, 0.15) is 10.7 Å². The Morgan fingerprint density at radius 2 is 2.15 bits per heavy atom. The molecule has 26 heavy (non-hydrogen) atoms. The molecule has 9 heteroatoms. The van der Waals surface area contributed by atoms with E-state index < -0.39 is 21.8 Å². The van der Waals surface area contributed by atoms with Gasteiger partial charge < -0.3 is 5.32 Å². The van der Waals surface area contributed by atoms with Crippen molar-refractivity contribution in [2.45, 2.75) is 31.6 Å². The Kier molecular flexibility index (Phi) is 5.10. The van der Waals surface area contributed by atoms with Gasteiger partial charge in [-0.2, -0.15) is 9.40 Å². The first-order chi connectivity index (χ1) is 12.3. The maximum atomic E-state index is 13.3. The molecule has 140 valence electrons. The number of halogens is 1. The van der Waals surface area contributed by atoms with E-state index in [-0.39, 0.29) is 17.3 Å². The highest BCUT2D eigenvalue weighted by Gasteiger charge is 2.35. The molecule has 0 spiro atoms. The molecule has 1 unspecified atom stereocenters. The van der Waals surface area contributed by atoms with Crippen LogP contribution in [0, 0.1) is 25.6 Å². The number of piperidine rings is 1. The van der Waals surface area contributed by atoms with E-state index in [0.717, 1.165) is 0 Å². The number of aromatic nitrogens is 2. The third-order valence-corrected chi connectivity index (χ3v) is 6.63. The summed E-state index contributed by atoms with van der Waals surface area (Å²) >= 11 is 0. The Morgan fingerprint density at radius 3 is 2.81 bits per heavy atom. The Balaban J connectivity index is 1.76. The maximum absolute atomic E-state index is 13.3. The van der Waals surface area contributed by atoms with Crippen LogP contribution in [0.3, 0.4) is 0 Å². The summed E-state index contributed by atoms with van der Waals surface area (Å²) in [6, 6.07) is 5.62. The van der Waals surface area contributed by atoms with E-state index in [1.165, 1.54) is 22.5 Å². The first-order valence-corrected chi connectivity index (χ1v) is 9.81. The van der Waals surface area contributed by atoms with Gasteiger partial charge >= 0.3 is 0 Å². The molecule has 1 aliphatic rings. The number of sulfonamides is 1. The Labute approximate surface area is 151 Å². The lowest BCUT2D eigenvalue weighted by molar-refractivity contribution is -0.120. The second-order valence-corrected chi connectivity index (χ2v) is 8.34.